The van der Waals surface area contributed by atoms with E-state index >= 15 is 0 Å². The summed E-state index contributed by atoms with van der Waals surface area (Å²) in [6, 6.07) is 5.20. The van der Waals surface area contributed by atoms with Gasteiger partial charge >= 0.3 is 5.97 Å². The van der Waals surface area contributed by atoms with Gasteiger partial charge in [-0.1, -0.05) is 25.1 Å². The van der Waals surface area contributed by atoms with E-state index in [1.54, 1.807) is 23.6 Å². The Balaban J connectivity index is 1.73. The number of ether oxygens (including phenoxy) is 1. The van der Waals surface area contributed by atoms with Crippen molar-refractivity contribution in [3.63, 3.8) is 0 Å². The number of likely N-dealkylation sites (tertiary alicyclic amines) is 1. The lowest BCUT2D eigenvalue weighted by Crippen LogP contribution is -2.54. The Morgan fingerprint density at radius 1 is 1.27 bits per heavy atom. The number of nitrogens with zero attached hydrogens (tertiary/aromatic N) is 1. The Labute approximate surface area is 199 Å². The standard InChI is InChI=1S/C25H34N2O5S/c1-5-32-24(31)18-17-13-16(4)25(33-17)19(18)23(30)27(11-6-7-12-28)21(25)22(29)26-20-14(2)9-8-10-15(20)3/h8-10,16-19,21,28H,5-7,11-13H2,1-4H3,(H,26,29)/t16?,17-,18+,19+,21?,25?/m1/s1. The molecule has 1 spiro atoms. The largest absolute Gasteiger partial charge is 0.466 e. The number of carbonyl (C=O) groups is 3. The summed E-state index contributed by atoms with van der Waals surface area (Å²) >= 11 is 1.65. The molecular formula is C25H34N2O5S. The van der Waals surface area contributed by atoms with Gasteiger partial charge in [0.1, 0.15) is 6.04 Å². The number of esters is 1. The van der Waals surface area contributed by atoms with Crippen molar-refractivity contribution < 1.29 is 24.2 Å². The Hall–Kier alpha value is -2.06. The number of aliphatic hydroxyl groups excluding tert-OH is 1. The number of hydrogen-bond donors (Lipinski definition) is 2. The minimum atomic E-state index is -0.669. The summed E-state index contributed by atoms with van der Waals surface area (Å²) in [6.07, 6.45) is 1.94. The molecule has 3 aliphatic heterocycles. The number of thioether (sulfide) groups is 1. The van der Waals surface area contributed by atoms with Gasteiger partial charge in [0.05, 0.1) is 23.2 Å². The van der Waals surface area contributed by atoms with Crippen LogP contribution in [0.15, 0.2) is 18.2 Å². The van der Waals surface area contributed by atoms with E-state index in [0.717, 1.165) is 23.2 Å². The Kier molecular flexibility index (Phi) is 6.78. The molecule has 1 aromatic rings. The fraction of sp³-hybridized carbons (Fsp3) is 0.640. The molecule has 180 valence electrons. The van der Waals surface area contributed by atoms with Crippen LogP contribution in [0.4, 0.5) is 5.69 Å². The van der Waals surface area contributed by atoms with Crippen LogP contribution in [0.3, 0.4) is 0 Å². The first kappa shape index (κ1) is 24.1. The number of aliphatic hydroxyl groups is 1. The molecule has 3 heterocycles. The molecule has 3 aliphatic rings. The first-order chi connectivity index (χ1) is 15.8. The zero-order valence-corrected chi connectivity index (χ0v) is 20.6. The Morgan fingerprint density at radius 3 is 2.61 bits per heavy atom. The number of para-hydroxylation sites is 1. The normalized spacial score (nSPS) is 32.2. The SMILES string of the molecule is CCOC(=O)[C@@H]1[C@H]2C(=O)N(CCCCO)C(C(=O)Nc3c(C)cccc3C)C23S[C@@H]1CC3C. The van der Waals surface area contributed by atoms with Crippen LogP contribution in [0.2, 0.25) is 0 Å². The average molecular weight is 475 g/mol. The average Bonchev–Trinajstić information content (AvgIpc) is 3.35. The second kappa shape index (κ2) is 9.29. The minimum Gasteiger partial charge on any atom is -0.466 e. The lowest BCUT2D eigenvalue weighted by Gasteiger charge is -2.38. The maximum absolute atomic E-state index is 13.9. The number of rotatable bonds is 8. The summed E-state index contributed by atoms with van der Waals surface area (Å²) in [7, 11) is 0. The number of hydrogen-bond acceptors (Lipinski definition) is 6. The highest BCUT2D eigenvalue weighted by Gasteiger charge is 2.76. The fourth-order valence-corrected chi connectivity index (χ4v) is 8.57. The summed E-state index contributed by atoms with van der Waals surface area (Å²) in [4.78, 5) is 42.3. The van der Waals surface area contributed by atoms with Gasteiger partial charge in [0, 0.05) is 24.1 Å². The molecule has 2 bridgehead atoms. The van der Waals surface area contributed by atoms with Gasteiger partial charge in [-0.25, -0.2) is 0 Å². The van der Waals surface area contributed by atoms with Crippen molar-refractivity contribution in [1.29, 1.82) is 0 Å². The third kappa shape index (κ3) is 3.75. The molecule has 3 fully saturated rings. The second-order valence-corrected chi connectivity index (χ2v) is 11.1. The molecule has 4 rings (SSSR count). The highest BCUT2D eigenvalue weighted by Crippen LogP contribution is 2.68. The summed E-state index contributed by atoms with van der Waals surface area (Å²) in [6.45, 7) is 8.48. The van der Waals surface area contributed by atoms with Crippen LogP contribution >= 0.6 is 11.8 Å². The maximum atomic E-state index is 13.9. The highest BCUT2D eigenvalue weighted by atomic mass is 32.2. The fourth-order valence-electron chi connectivity index (χ4n) is 6.16. The van der Waals surface area contributed by atoms with E-state index in [1.807, 2.05) is 32.0 Å². The molecule has 0 aromatic heterocycles. The molecule has 0 saturated carbocycles. The summed E-state index contributed by atoms with van der Waals surface area (Å²) < 4.78 is 4.71. The van der Waals surface area contributed by atoms with Crippen LogP contribution < -0.4 is 5.32 Å². The predicted octanol–water partition coefficient (Wildman–Crippen LogP) is 2.91. The molecule has 1 aromatic carbocycles. The quantitative estimate of drug-likeness (QED) is 0.444. The highest BCUT2D eigenvalue weighted by molar-refractivity contribution is 8.02. The van der Waals surface area contributed by atoms with Crippen molar-refractivity contribution in [3.8, 4) is 0 Å². The van der Waals surface area contributed by atoms with E-state index in [-0.39, 0.29) is 42.2 Å². The number of anilines is 1. The number of carbonyl (C=O) groups excluding carboxylic acids is 3. The van der Waals surface area contributed by atoms with Gasteiger partial charge < -0.3 is 20.1 Å². The lowest BCUT2D eigenvalue weighted by molar-refractivity contribution is -0.154. The molecule has 2 N–H and O–H groups in total. The molecule has 0 radical (unpaired) electrons. The van der Waals surface area contributed by atoms with Crippen LogP contribution in [0.5, 0.6) is 0 Å². The van der Waals surface area contributed by atoms with Crippen molar-refractivity contribution in [3.05, 3.63) is 29.3 Å². The number of unbranched alkanes of at least 4 members (excludes halogenated alkanes) is 1. The molecule has 0 aliphatic carbocycles. The van der Waals surface area contributed by atoms with Gasteiger partial charge in [-0.15, -0.1) is 11.8 Å². The molecule has 7 nitrogen and oxygen atoms in total. The number of amides is 2. The summed E-state index contributed by atoms with van der Waals surface area (Å²) in [5, 5.41) is 12.4. The van der Waals surface area contributed by atoms with Gasteiger partial charge in [-0.2, -0.15) is 0 Å². The maximum Gasteiger partial charge on any atom is 0.310 e. The first-order valence-electron chi connectivity index (χ1n) is 11.9. The topological polar surface area (TPSA) is 95.9 Å². The lowest BCUT2D eigenvalue weighted by atomic mass is 9.66. The first-order valence-corrected chi connectivity index (χ1v) is 12.8. The van der Waals surface area contributed by atoms with Crippen LogP contribution in [0.1, 0.15) is 44.2 Å². The zero-order valence-electron chi connectivity index (χ0n) is 19.8. The number of aryl methyl sites for hydroxylation is 2. The predicted molar refractivity (Wildman–Crippen MR) is 128 cm³/mol. The molecule has 2 amide bonds. The Morgan fingerprint density at radius 2 is 1.97 bits per heavy atom. The van der Waals surface area contributed by atoms with Crippen molar-refractivity contribution in [2.45, 2.75) is 63.0 Å². The molecule has 3 saturated heterocycles. The third-order valence-electron chi connectivity index (χ3n) is 7.59. The number of benzene rings is 1. The van der Waals surface area contributed by atoms with Gasteiger partial charge in [0.15, 0.2) is 0 Å². The summed E-state index contributed by atoms with van der Waals surface area (Å²) in [5.41, 5.74) is 2.71. The van der Waals surface area contributed by atoms with E-state index in [1.165, 1.54) is 0 Å². The molecule has 6 atom stereocenters. The Bertz CT molecular complexity index is 932. The van der Waals surface area contributed by atoms with Gasteiger partial charge in [0.2, 0.25) is 11.8 Å². The van der Waals surface area contributed by atoms with Crippen LogP contribution in [-0.4, -0.2) is 63.6 Å². The van der Waals surface area contributed by atoms with E-state index in [4.69, 9.17) is 4.74 Å². The van der Waals surface area contributed by atoms with Crippen LogP contribution in [0.25, 0.3) is 0 Å². The van der Waals surface area contributed by atoms with E-state index < -0.39 is 22.6 Å². The van der Waals surface area contributed by atoms with Crippen LogP contribution in [-0.2, 0) is 19.1 Å². The molecular weight excluding hydrogens is 440 g/mol. The molecule has 33 heavy (non-hydrogen) atoms. The molecule has 8 heteroatoms. The van der Waals surface area contributed by atoms with Gasteiger partial charge in [-0.05, 0) is 57.1 Å². The van der Waals surface area contributed by atoms with Crippen LogP contribution in [0, 0.1) is 31.6 Å². The van der Waals surface area contributed by atoms with E-state index in [0.29, 0.717) is 19.4 Å². The van der Waals surface area contributed by atoms with Crippen molar-refractivity contribution >= 4 is 35.2 Å². The van der Waals surface area contributed by atoms with E-state index in [2.05, 4.69) is 12.2 Å². The van der Waals surface area contributed by atoms with Gasteiger partial charge in [0.25, 0.3) is 0 Å². The van der Waals surface area contributed by atoms with Crippen molar-refractivity contribution in [1.82, 2.24) is 4.90 Å². The van der Waals surface area contributed by atoms with Crippen molar-refractivity contribution in [2.75, 3.05) is 25.1 Å². The van der Waals surface area contributed by atoms with Gasteiger partial charge in [-0.3, -0.25) is 14.4 Å². The minimum absolute atomic E-state index is 0.0110. The second-order valence-electron chi connectivity index (χ2n) is 9.52. The third-order valence-corrected chi connectivity index (χ3v) is 9.67. The monoisotopic (exact) mass is 474 g/mol. The smallest absolute Gasteiger partial charge is 0.310 e. The zero-order chi connectivity index (χ0) is 23.9. The molecule has 3 unspecified atom stereocenters. The summed E-state index contributed by atoms with van der Waals surface area (Å²) in [5.74, 6) is -1.61. The van der Waals surface area contributed by atoms with E-state index in [9.17, 15) is 19.5 Å². The number of nitrogens with one attached hydrogen (secondary N) is 1. The van der Waals surface area contributed by atoms with Crippen molar-refractivity contribution in [2.24, 2.45) is 17.8 Å². The number of fused-ring (bicyclic) bond motifs is 1.